The third kappa shape index (κ3) is 21.1. The summed E-state index contributed by atoms with van der Waals surface area (Å²) in [5.74, 6) is -4.93. The number of aliphatic carboxylic acids is 1. The van der Waals surface area contributed by atoms with Gasteiger partial charge in [0.05, 0.1) is 6.04 Å². The van der Waals surface area contributed by atoms with Crippen LogP contribution in [-0.4, -0.2) is 115 Å². The highest BCUT2D eigenvalue weighted by atomic mass is 16.4. The molecule has 292 valence electrons. The third-order valence-electron chi connectivity index (χ3n) is 7.53. The second kappa shape index (κ2) is 26.1. The smallest absolute Gasteiger partial charge is 0.326 e. The van der Waals surface area contributed by atoms with Gasteiger partial charge >= 0.3 is 5.97 Å². The molecule has 0 unspecified atom stereocenters. The van der Waals surface area contributed by atoms with E-state index in [1.807, 2.05) is 0 Å². The number of guanidine groups is 2. The normalized spacial score (nSPS) is 14.3. The van der Waals surface area contributed by atoms with Gasteiger partial charge in [-0.2, -0.15) is 0 Å². The standard InChI is InChI=1S/C30H60N14O7/c1-17(40-25(47)19(33)9-7-15-38-29(34)35)23(45)42-20(10-3-5-13-31)26(48)41-18(2)24(46)43-21(12-8-16-39-30(36)37)27(49)44-22(28(50)51)11-4-6-14-32/h17-22H,3-16,31-33H2,1-2H3,(H,40,47)(H,41,48)(H,42,45)(H,43,46)(H,44,49)(H,50,51)(H4,34,35,38)(H4,36,37,39)/t17-,18-,19-,20-,21-,22-/m0/s1. The molecule has 0 aromatic rings. The van der Waals surface area contributed by atoms with E-state index in [1.54, 1.807) is 0 Å². The van der Waals surface area contributed by atoms with Crippen LogP contribution in [0.1, 0.15) is 78.1 Å². The van der Waals surface area contributed by atoms with Crippen molar-refractivity contribution in [2.75, 3.05) is 26.2 Å². The lowest BCUT2D eigenvalue weighted by Gasteiger charge is -2.25. The van der Waals surface area contributed by atoms with Crippen LogP contribution in [0.25, 0.3) is 0 Å². The maximum absolute atomic E-state index is 13.3. The quantitative estimate of drug-likeness (QED) is 0.0215. The fourth-order valence-corrected chi connectivity index (χ4v) is 4.57. The number of carbonyl (C=O) groups is 6. The molecule has 0 spiro atoms. The molecule has 0 heterocycles. The fourth-order valence-electron chi connectivity index (χ4n) is 4.57. The van der Waals surface area contributed by atoms with E-state index in [9.17, 15) is 33.9 Å². The Balaban J connectivity index is 5.59. The summed E-state index contributed by atoms with van der Waals surface area (Å²) in [4.78, 5) is 84.6. The Hall–Kier alpha value is -4.76. The Labute approximate surface area is 298 Å². The second-order valence-electron chi connectivity index (χ2n) is 12.1. The number of nitrogens with one attached hydrogen (secondary N) is 5. The van der Waals surface area contributed by atoms with Gasteiger partial charge in [-0.3, -0.25) is 34.0 Å². The number of hydrogen-bond donors (Lipinski definition) is 13. The molecule has 0 aliphatic carbocycles. The Bertz CT molecular complexity index is 1180. The van der Waals surface area contributed by atoms with Crippen molar-refractivity contribution in [3.8, 4) is 0 Å². The summed E-state index contributed by atoms with van der Waals surface area (Å²) in [6.07, 6.45) is 3.34. The number of unbranched alkanes of at least 4 members (excludes halogenated alkanes) is 2. The van der Waals surface area contributed by atoms with E-state index in [2.05, 4.69) is 36.6 Å². The molecule has 51 heavy (non-hydrogen) atoms. The molecule has 6 atom stereocenters. The zero-order valence-corrected chi connectivity index (χ0v) is 29.7. The minimum Gasteiger partial charge on any atom is -0.480 e. The SMILES string of the molecule is C[C@H](NC(=O)[C@H](CCCCN)NC(=O)[C@H](C)NC(=O)[C@@H](N)CCCN=C(N)N)C(=O)N[C@@H](CCCN=C(N)N)C(=O)N[C@@H](CCCCN)C(=O)O. The van der Waals surface area contributed by atoms with Crippen molar-refractivity contribution < 1.29 is 33.9 Å². The van der Waals surface area contributed by atoms with Crippen molar-refractivity contribution >= 4 is 47.4 Å². The molecule has 0 bridgehead atoms. The van der Waals surface area contributed by atoms with Gasteiger partial charge in [0, 0.05) is 13.1 Å². The number of aliphatic imine (C=N–C) groups is 2. The number of carbonyl (C=O) groups excluding carboxylic acids is 5. The van der Waals surface area contributed by atoms with Crippen LogP contribution >= 0.6 is 0 Å². The van der Waals surface area contributed by atoms with Gasteiger partial charge in [-0.15, -0.1) is 0 Å². The number of carboxylic acid groups (broad SMARTS) is 1. The van der Waals surface area contributed by atoms with E-state index in [0.29, 0.717) is 45.2 Å². The van der Waals surface area contributed by atoms with Gasteiger partial charge in [0.15, 0.2) is 11.9 Å². The van der Waals surface area contributed by atoms with E-state index in [1.165, 1.54) is 13.8 Å². The molecular formula is C30H60N14O7. The van der Waals surface area contributed by atoms with Crippen LogP contribution in [0, 0.1) is 0 Å². The molecular weight excluding hydrogens is 668 g/mol. The number of carboxylic acids is 1. The Morgan fingerprint density at radius 2 is 0.902 bits per heavy atom. The number of amides is 5. The average molecular weight is 729 g/mol. The summed E-state index contributed by atoms with van der Waals surface area (Å²) in [5, 5.41) is 22.3. The fraction of sp³-hybridized carbons (Fsp3) is 0.733. The molecule has 0 saturated carbocycles. The molecule has 0 aliphatic rings. The molecule has 5 amide bonds. The van der Waals surface area contributed by atoms with Crippen molar-refractivity contribution in [1.82, 2.24) is 26.6 Å². The van der Waals surface area contributed by atoms with Gasteiger partial charge in [-0.05, 0) is 91.1 Å². The van der Waals surface area contributed by atoms with Gasteiger partial charge < -0.3 is 71.8 Å². The Morgan fingerprint density at radius 3 is 1.33 bits per heavy atom. The van der Waals surface area contributed by atoms with Gasteiger partial charge in [-0.25, -0.2) is 4.79 Å². The van der Waals surface area contributed by atoms with E-state index in [0.717, 1.165) is 0 Å². The Morgan fingerprint density at radius 1 is 0.529 bits per heavy atom. The van der Waals surface area contributed by atoms with Crippen LogP contribution in [0.3, 0.4) is 0 Å². The molecule has 0 aromatic heterocycles. The van der Waals surface area contributed by atoms with Crippen molar-refractivity contribution in [1.29, 1.82) is 0 Å². The Kier molecular flexibility index (Phi) is 23.7. The second-order valence-corrected chi connectivity index (χ2v) is 12.1. The van der Waals surface area contributed by atoms with Gasteiger partial charge in [-0.1, -0.05) is 0 Å². The van der Waals surface area contributed by atoms with Crippen molar-refractivity contribution in [2.45, 2.75) is 114 Å². The molecule has 21 heteroatoms. The van der Waals surface area contributed by atoms with Gasteiger partial charge in [0.25, 0.3) is 0 Å². The predicted molar refractivity (Wildman–Crippen MR) is 192 cm³/mol. The molecule has 21 nitrogen and oxygen atoms in total. The predicted octanol–water partition coefficient (Wildman–Crippen LogP) is -4.77. The first kappa shape index (κ1) is 46.2. The first-order valence-corrected chi connectivity index (χ1v) is 17.0. The molecule has 0 saturated heterocycles. The summed E-state index contributed by atoms with van der Waals surface area (Å²) in [5.41, 5.74) is 38.3. The first-order valence-electron chi connectivity index (χ1n) is 17.0. The molecule has 0 rings (SSSR count). The van der Waals surface area contributed by atoms with Crippen LogP contribution in [-0.2, 0) is 28.8 Å². The summed E-state index contributed by atoms with van der Waals surface area (Å²) < 4.78 is 0. The van der Waals surface area contributed by atoms with E-state index in [4.69, 9.17) is 40.1 Å². The van der Waals surface area contributed by atoms with Gasteiger partial charge in [0.2, 0.25) is 29.5 Å². The lowest BCUT2D eigenvalue weighted by molar-refractivity contribution is -0.142. The molecule has 0 aromatic carbocycles. The maximum atomic E-state index is 13.3. The summed E-state index contributed by atoms with van der Waals surface area (Å²) in [6, 6.07) is -6.68. The minimum atomic E-state index is -1.24. The lowest BCUT2D eigenvalue weighted by Crippen LogP contribution is -2.58. The van der Waals surface area contributed by atoms with Crippen LogP contribution in [0.4, 0.5) is 0 Å². The third-order valence-corrected chi connectivity index (χ3v) is 7.53. The largest absolute Gasteiger partial charge is 0.480 e. The van der Waals surface area contributed by atoms with Crippen LogP contribution in [0.5, 0.6) is 0 Å². The first-order chi connectivity index (χ1) is 24.0. The molecule has 20 N–H and O–H groups in total. The molecule has 0 aliphatic heterocycles. The molecule has 0 radical (unpaired) electrons. The highest BCUT2D eigenvalue weighted by Gasteiger charge is 2.30. The number of rotatable bonds is 27. The average Bonchev–Trinajstić information content (AvgIpc) is 3.06. The molecule has 0 fully saturated rings. The van der Waals surface area contributed by atoms with Crippen LogP contribution in [0.15, 0.2) is 9.98 Å². The number of hydrogen-bond acceptors (Lipinski definition) is 11. The highest BCUT2D eigenvalue weighted by molar-refractivity contribution is 5.96. The number of nitrogens with zero attached hydrogens (tertiary/aromatic N) is 2. The van der Waals surface area contributed by atoms with Crippen LogP contribution in [0.2, 0.25) is 0 Å². The van der Waals surface area contributed by atoms with Gasteiger partial charge in [0.1, 0.15) is 30.2 Å². The lowest BCUT2D eigenvalue weighted by atomic mass is 10.1. The highest BCUT2D eigenvalue weighted by Crippen LogP contribution is 2.06. The zero-order chi connectivity index (χ0) is 38.9. The maximum Gasteiger partial charge on any atom is 0.326 e. The zero-order valence-electron chi connectivity index (χ0n) is 29.7. The van der Waals surface area contributed by atoms with E-state index < -0.39 is 71.8 Å². The van der Waals surface area contributed by atoms with Crippen molar-refractivity contribution in [3.63, 3.8) is 0 Å². The van der Waals surface area contributed by atoms with E-state index in [-0.39, 0.29) is 57.1 Å². The monoisotopic (exact) mass is 728 g/mol. The summed E-state index contributed by atoms with van der Waals surface area (Å²) in [6.45, 7) is 3.93. The topological polar surface area (TPSA) is 390 Å². The van der Waals surface area contributed by atoms with Crippen molar-refractivity contribution in [3.05, 3.63) is 0 Å². The van der Waals surface area contributed by atoms with Crippen LogP contribution < -0.4 is 66.7 Å². The minimum absolute atomic E-state index is 0.0471. The summed E-state index contributed by atoms with van der Waals surface area (Å²) >= 11 is 0. The van der Waals surface area contributed by atoms with Crippen molar-refractivity contribution in [2.24, 2.45) is 50.1 Å². The van der Waals surface area contributed by atoms with E-state index >= 15 is 0 Å². The number of nitrogens with two attached hydrogens (primary N) is 7. The summed E-state index contributed by atoms with van der Waals surface area (Å²) in [7, 11) is 0.